The zero-order valence-electron chi connectivity index (χ0n) is 30.1. The Kier molecular flexibility index (Phi) is 29.6. The van der Waals surface area contributed by atoms with Crippen LogP contribution in [0.3, 0.4) is 0 Å². The van der Waals surface area contributed by atoms with Gasteiger partial charge in [-0.25, -0.2) is 0 Å². The molecular formula is C41H74N2O2. The maximum absolute atomic E-state index is 12.6. The average Bonchev–Trinajstić information content (AvgIpc) is 3.59. The minimum Gasteiger partial charge on any atom is -0.372 e. The molecule has 0 saturated carbocycles. The lowest BCUT2D eigenvalue weighted by atomic mass is 9.92. The van der Waals surface area contributed by atoms with Gasteiger partial charge in [-0.05, 0) is 70.6 Å². The molecule has 1 heterocycles. The fourth-order valence-electron chi connectivity index (χ4n) is 6.33. The van der Waals surface area contributed by atoms with E-state index in [0.717, 1.165) is 51.0 Å². The molecule has 1 N–H and O–H groups in total. The highest BCUT2D eigenvalue weighted by molar-refractivity contribution is 6.37. The lowest BCUT2D eigenvalue weighted by molar-refractivity contribution is -0.136. The summed E-state index contributed by atoms with van der Waals surface area (Å²) in [4.78, 5) is 29.8. The van der Waals surface area contributed by atoms with Crippen molar-refractivity contribution in [1.29, 1.82) is 0 Å². The van der Waals surface area contributed by atoms with Gasteiger partial charge in [0.2, 0.25) is 0 Å². The summed E-state index contributed by atoms with van der Waals surface area (Å²) in [6.07, 6.45) is 43.8. The van der Waals surface area contributed by atoms with Gasteiger partial charge in [0.05, 0.1) is 12.4 Å². The van der Waals surface area contributed by atoms with Crippen molar-refractivity contribution in [2.45, 2.75) is 200 Å². The van der Waals surface area contributed by atoms with Gasteiger partial charge in [-0.3, -0.25) is 14.6 Å². The molecule has 45 heavy (non-hydrogen) atoms. The van der Waals surface area contributed by atoms with Crippen LogP contribution in [-0.4, -0.2) is 30.5 Å². The van der Waals surface area contributed by atoms with E-state index in [1.807, 2.05) is 0 Å². The molecule has 1 atom stereocenters. The van der Waals surface area contributed by atoms with Gasteiger partial charge < -0.3 is 5.32 Å². The SMILES string of the molecule is CCCCCCCC/C=C\CCCCCCCC(=O)C(=O)CCC(CCCCCC/C=C\CCCCCCCC)C1=NCCN1. The molecule has 0 aromatic heterocycles. The molecule has 0 aromatic rings. The van der Waals surface area contributed by atoms with Crippen molar-refractivity contribution < 1.29 is 9.59 Å². The zero-order chi connectivity index (χ0) is 32.5. The number of carbonyl (C=O) groups excluding carboxylic acids is 2. The van der Waals surface area contributed by atoms with Gasteiger partial charge in [-0.15, -0.1) is 0 Å². The van der Waals surface area contributed by atoms with Crippen LogP contribution >= 0.6 is 0 Å². The average molecular weight is 627 g/mol. The summed E-state index contributed by atoms with van der Waals surface area (Å²) in [5, 5.41) is 3.43. The Morgan fingerprint density at radius 2 is 0.978 bits per heavy atom. The molecule has 0 spiro atoms. The van der Waals surface area contributed by atoms with Crippen LogP contribution in [0.5, 0.6) is 0 Å². The molecule has 0 saturated heterocycles. The lowest BCUT2D eigenvalue weighted by Crippen LogP contribution is -2.28. The van der Waals surface area contributed by atoms with E-state index in [0.29, 0.717) is 18.8 Å². The number of unbranched alkanes of at least 4 members (excludes halogenated alkanes) is 21. The monoisotopic (exact) mass is 627 g/mol. The van der Waals surface area contributed by atoms with Crippen molar-refractivity contribution in [1.82, 2.24) is 5.32 Å². The van der Waals surface area contributed by atoms with Gasteiger partial charge in [0.25, 0.3) is 0 Å². The van der Waals surface area contributed by atoms with E-state index in [-0.39, 0.29) is 11.6 Å². The van der Waals surface area contributed by atoms with Gasteiger partial charge in [0, 0.05) is 25.3 Å². The summed E-state index contributed by atoms with van der Waals surface area (Å²) in [7, 11) is 0. The number of nitrogens with zero attached hydrogens (tertiary/aromatic N) is 1. The third-order valence-corrected chi connectivity index (χ3v) is 9.35. The third kappa shape index (κ3) is 26.1. The Labute approximate surface area is 280 Å². The number of hydrogen-bond acceptors (Lipinski definition) is 4. The number of rotatable bonds is 34. The minimum absolute atomic E-state index is 0.155. The molecule has 4 nitrogen and oxygen atoms in total. The molecule has 4 heteroatoms. The highest BCUT2D eigenvalue weighted by atomic mass is 16.2. The van der Waals surface area contributed by atoms with E-state index in [1.165, 1.54) is 141 Å². The molecule has 1 rings (SSSR count). The predicted octanol–water partition coefficient (Wildman–Crippen LogP) is 12.2. The van der Waals surface area contributed by atoms with E-state index < -0.39 is 0 Å². The van der Waals surface area contributed by atoms with Crippen LogP contribution in [0, 0.1) is 5.92 Å². The standard InChI is InChI=1S/C41H74N2O2/c1-3-5-7-9-11-13-15-17-19-21-23-25-27-29-31-33-39(44)40(45)35-34-38(41-42-36-37-43-41)32-30-28-26-24-22-20-18-16-14-12-10-8-6-4-2/h17-20,38H,3-16,21-37H2,1-2H3,(H,42,43)/b19-17-,20-18-. The summed E-state index contributed by atoms with van der Waals surface area (Å²) in [6.45, 7) is 6.28. The van der Waals surface area contributed by atoms with E-state index >= 15 is 0 Å². The highest BCUT2D eigenvalue weighted by Gasteiger charge is 2.21. The normalized spacial score (nSPS) is 14.0. The van der Waals surface area contributed by atoms with Crippen molar-refractivity contribution in [3.05, 3.63) is 24.3 Å². The van der Waals surface area contributed by atoms with Crippen molar-refractivity contribution >= 4 is 17.4 Å². The number of Topliss-reactive ketones (excluding diaryl/α,β-unsaturated/α-hetero) is 2. The summed E-state index contributed by atoms with van der Waals surface area (Å²) < 4.78 is 0. The van der Waals surface area contributed by atoms with E-state index in [2.05, 4.69) is 48.5 Å². The summed E-state index contributed by atoms with van der Waals surface area (Å²) in [6, 6.07) is 0. The van der Waals surface area contributed by atoms with Crippen molar-refractivity contribution in [3.63, 3.8) is 0 Å². The first-order chi connectivity index (χ1) is 22.2. The third-order valence-electron chi connectivity index (χ3n) is 9.35. The second-order valence-corrected chi connectivity index (χ2v) is 13.6. The number of allylic oxidation sites excluding steroid dienone is 4. The van der Waals surface area contributed by atoms with Gasteiger partial charge in [-0.2, -0.15) is 0 Å². The maximum Gasteiger partial charge on any atom is 0.198 e. The molecule has 0 bridgehead atoms. The molecule has 0 aromatic carbocycles. The van der Waals surface area contributed by atoms with Crippen molar-refractivity contribution in [3.8, 4) is 0 Å². The lowest BCUT2D eigenvalue weighted by Gasteiger charge is -2.17. The van der Waals surface area contributed by atoms with Crippen LogP contribution in [0.25, 0.3) is 0 Å². The van der Waals surface area contributed by atoms with Gasteiger partial charge >= 0.3 is 0 Å². The molecule has 260 valence electrons. The largest absolute Gasteiger partial charge is 0.372 e. The number of carbonyl (C=O) groups is 2. The maximum atomic E-state index is 12.6. The molecular weight excluding hydrogens is 552 g/mol. The summed E-state index contributed by atoms with van der Waals surface area (Å²) >= 11 is 0. The van der Waals surface area contributed by atoms with Gasteiger partial charge in [0.1, 0.15) is 0 Å². The van der Waals surface area contributed by atoms with E-state index in [4.69, 9.17) is 0 Å². The smallest absolute Gasteiger partial charge is 0.198 e. The van der Waals surface area contributed by atoms with Crippen LogP contribution in [0.15, 0.2) is 29.3 Å². The Balaban J connectivity index is 2.07. The molecule has 1 aliphatic rings. The zero-order valence-corrected chi connectivity index (χ0v) is 30.1. The first-order valence-electron chi connectivity index (χ1n) is 19.8. The Morgan fingerprint density at radius 3 is 1.44 bits per heavy atom. The topological polar surface area (TPSA) is 58.5 Å². The molecule has 0 amide bonds. The fraction of sp³-hybridized carbons (Fsp3) is 0.829. The van der Waals surface area contributed by atoms with Crippen LogP contribution in [-0.2, 0) is 9.59 Å². The quantitative estimate of drug-likeness (QED) is 0.0439. The molecule has 1 unspecified atom stereocenters. The fourth-order valence-corrected chi connectivity index (χ4v) is 6.33. The first kappa shape index (κ1) is 41.3. The van der Waals surface area contributed by atoms with Crippen molar-refractivity contribution in [2.24, 2.45) is 10.9 Å². The van der Waals surface area contributed by atoms with Crippen molar-refractivity contribution in [2.75, 3.05) is 13.1 Å². The number of ketones is 2. The molecule has 0 radical (unpaired) electrons. The number of nitrogens with one attached hydrogen (secondary N) is 1. The number of amidine groups is 1. The first-order valence-corrected chi connectivity index (χ1v) is 19.8. The van der Waals surface area contributed by atoms with E-state index in [9.17, 15) is 9.59 Å². The van der Waals surface area contributed by atoms with Crippen LogP contribution < -0.4 is 5.32 Å². The molecule has 1 aliphatic heterocycles. The summed E-state index contributed by atoms with van der Waals surface area (Å²) in [5.41, 5.74) is 0. The Morgan fingerprint density at radius 1 is 0.556 bits per heavy atom. The van der Waals surface area contributed by atoms with E-state index in [1.54, 1.807) is 0 Å². The van der Waals surface area contributed by atoms with Crippen LogP contribution in [0.2, 0.25) is 0 Å². The summed E-state index contributed by atoms with van der Waals surface area (Å²) in [5.74, 6) is 1.05. The number of aliphatic imine (C=N–C) groups is 1. The molecule has 0 fully saturated rings. The minimum atomic E-state index is -0.165. The molecule has 0 aliphatic carbocycles. The number of hydrogen-bond donors (Lipinski definition) is 1. The van der Waals surface area contributed by atoms with Gasteiger partial charge in [-0.1, -0.05) is 141 Å². The predicted molar refractivity (Wildman–Crippen MR) is 197 cm³/mol. The van der Waals surface area contributed by atoms with Gasteiger partial charge in [0.15, 0.2) is 11.6 Å². The Bertz CT molecular complexity index is 784. The second-order valence-electron chi connectivity index (χ2n) is 13.6. The van der Waals surface area contributed by atoms with Crippen LogP contribution in [0.4, 0.5) is 0 Å². The Hall–Kier alpha value is -1.71. The second kappa shape index (κ2) is 32.2. The van der Waals surface area contributed by atoms with Crippen LogP contribution in [0.1, 0.15) is 200 Å². The highest BCUT2D eigenvalue weighted by Crippen LogP contribution is 2.20.